The third kappa shape index (κ3) is 3.61. The van der Waals surface area contributed by atoms with E-state index in [1.54, 1.807) is 24.1 Å². The Balaban J connectivity index is 1.64. The first-order chi connectivity index (χ1) is 16.4. The van der Waals surface area contributed by atoms with Gasteiger partial charge in [0.1, 0.15) is 11.6 Å². The number of aliphatic hydroxyl groups is 1. The quantitative estimate of drug-likeness (QED) is 0.615. The maximum absolute atomic E-state index is 13.7. The van der Waals surface area contributed by atoms with Crippen molar-refractivity contribution in [3.05, 3.63) is 59.5 Å². The highest BCUT2D eigenvalue weighted by molar-refractivity contribution is 5.92. The minimum atomic E-state index is -0.516. The standard InChI is InChI=1S/C26H31FN4O3/c1-29-11-9-26(10-12-29)16-31(25(33)28-18-6-4-5-17(27)13-18)22(15-32)24-23(26)20-8-7-19(34-3)14-21(20)30(24)2/h4-8,13-14,22,32H,9-12,15-16H2,1-3H3,(H,28,33)/t22-/m0/s1. The third-order valence-corrected chi connectivity index (χ3v) is 7.60. The van der Waals surface area contributed by atoms with E-state index in [0.717, 1.165) is 48.3 Å². The van der Waals surface area contributed by atoms with E-state index in [0.29, 0.717) is 12.2 Å². The average Bonchev–Trinajstić information content (AvgIpc) is 3.13. The van der Waals surface area contributed by atoms with E-state index in [1.165, 1.54) is 17.7 Å². The molecule has 1 atom stereocenters. The number of benzene rings is 2. The SMILES string of the molecule is COc1ccc2c3c(n(C)c2c1)[C@H](CO)N(C(=O)Nc1cccc(F)c1)CC31CCN(C)CC1. The molecule has 180 valence electrons. The highest BCUT2D eigenvalue weighted by Crippen LogP contribution is 2.50. The average molecular weight is 467 g/mol. The fourth-order valence-corrected chi connectivity index (χ4v) is 5.79. The van der Waals surface area contributed by atoms with Crippen LogP contribution < -0.4 is 10.1 Å². The van der Waals surface area contributed by atoms with Gasteiger partial charge in [-0.25, -0.2) is 9.18 Å². The summed E-state index contributed by atoms with van der Waals surface area (Å²) in [6.07, 6.45) is 1.81. The van der Waals surface area contributed by atoms with Crippen LogP contribution in [-0.4, -0.2) is 65.9 Å². The maximum Gasteiger partial charge on any atom is 0.322 e. The lowest BCUT2D eigenvalue weighted by Gasteiger charge is -2.50. The molecule has 1 spiro atoms. The van der Waals surface area contributed by atoms with Gasteiger partial charge in [0.15, 0.2) is 0 Å². The zero-order valence-electron chi connectivity index (χ0n) is 19.8. The van der Waals surface area contributed by atoms with Crippen molar-refractivity contribution in [3.8, 4) is 5.75 Å². The number of aliphatic hydroxyl groups excluding tert-OH is 1. The van der Waals surface area contributed by atoms with Crippen molar-refractivity contribution in [2.24, 2.45) is 7.05 Å². The Kier molecular flexibility index (Phi) is 5.73. The number of carbonyl (C=O) groups is 1. The molecule has 2 aliphatic rings. The van der Waals surface area contributed by atoms with Gasteiger partial charge in [-0.1, -0.05) is 6.07 Å². The molecule has 0 bridgehead atoms. The Bertz CT molecular complexity index is 1230. The summed E-state index contributed by atoms with van der Waals surface area (Å²) in [4.78, 5) is 17.6. The van der Waals surface area contributed by atoms with E-state index in [4.69, 9.17) is 4.74 Å². The second-order valence-electron chi connectivity index (χ2n) is 9.55. The molecule has 0 saturated carbocycles. The number of halogens is 1. The first kappa shape index (κ1) is 22.7. The van der Waals surface area contributed by atoms with Crippen molar-refractivity contribution >= 4 is 22.6 Å². The van der Waals surface area contributed by atoms with Crippen LogP contribution in [0.3, 0.4) is 0 Å². The number of methoxy groups -OCH3 is 1. The van der Waals surface area contributed by atoms with Crippen molar-refractivity contribution in [1.82, 2.24) is 14.4 Å². The molecule has 2 aromatic carbocycles. The van der Waals surface area contributed by atoms with Crippen LogP contribution in [0.25, 0.3) is 10.9 Å². The number of urea groups is 1. The van der Waals surface area contributed by atoms with Gasteiger partial charge in [0.25, 0.3) is 0 Å². The van der Waals surface area contributed by atoms with Crippen molar-refractivity contribution < 1.29 is 19.0 Å². The number of ether oxygens (including phenoxy) is 1. The van der Waals surface area contributed by atoms with Crippen LogP contribution in [0.15, 0.2) is 42.5 Å². The molecule has 5 rings (SSSR count). The van der Waals surface area contributed by atoms with Crippen molar-refractivity contribution in [1.29, 1.82) is 0 Å². The Hall–Kier alpha value is -3.10. The molecule has 8 heteroatoms. The van der Waals surface area contributed by atoms with E-state index in [-0.39, 0.29) is 18.1 Å². The van der Waals surface area contributed by atoms with Crippen LogP contribution in [0.1, 0.15) is 30.1 Å². The van der Waals surface area contributed by atoms with Crippen LogP contribution >= 0.6 is 0 Å². The summed E-state index contributed by atoms with van der Waals surface area (Å²) in [5.74, 6) is 0.357. The molecule has 1 saturated heterocycles. The van der Waals surface area contributed by atoms with Gasteiger partial charge < -0.3 is 29.5 Å². The third-order valence-electron chi connectivity index (χ3n) is 7.60. The smallest absolute Gasteiger partial charge is 0.322 e. The number of likely N-dealkylation sites (tertiary alicyclic amines) is 1. The largest absolute Gasteiger partial charge is 0.497 e. The summed E-state index contributed by atoms with van der Waals surface area (Å²) in [6, 6.07) is 11.1. The van der Waals surface area contributed by atoms with Crippen LogP contribution in [0.2, 0.25) is 0 Å². The number of fused-ring (bicyclic) bond motifs is 4. The number of nitrogens with zero attached hydrogens (tertiary/aromatic N) is 3. The summed E-state index contributed by atoms with van der Waals surface area (Å²) in [5.41, 5.74) is 3.37. The van der Waals surface area contributed by atoms with Gasteiger partial charge in [0.2, 0.25) is 0 Å². The molecule has 0 unspecified atom stereocenters. The minimum absolute atomic E-state index is 0.207. The monoisotopic (exact) mass is 466 g/mol. The number of anilines is 1. The Morgan fingerprint density at radius 2 is 1.97 bits per heavy atom. The molecule has 1 aromatic heterocycles. The molecule has 34 heavy (non-hydrogen) atoms. The second-order valence-corrected chi connectivity index (χ2v) is 9.55. The summed E-state index contributed by atoms with van der Waals surface area (Å²) in [5, 5.41) is 14.5. The molecular formula is C26H31FN4O3. The molecule has 3 aromatic rings. The summed E-state index contributed by atoms with van der Waals surface area (Å²) < 4.78 is 21.3. The molecule has 7 nitrogen and oxygen atoms in total. The summed E-state index contributed by atoms with van der Waals surface area (Å²) in [6.45, 7) is 2.14. The summed E-state index contributed by atoms with van der Waals surface area (Å²) in [7, 11) is 5.76. The lowest BCUT2D eigenvalue weighted by molar-refractivity contribution is 0.0766. The topological polar surface area (TPSA) is 70.0 Å². The molecule has 3 heterocycles. The number of piperidine rings is 1. The Morgan fingerprint density at radius 1 is 1.21 bits per heavy atom. The number of nitrogens with one attached hydrogen (secondary N) is 1. The Morgan fingerprint density at radius 3 is 2.65 bits per heavy atom. The predicted octanol–water partition coefficient (Wildman–Crippen LogP) is 3.87. The molecular weight excluding hydrogens is 435 g/mol. The van der Waals surface area contributed by atoms with E-state index in [1.807, 2.05) is 19.2 Å². The van der Waals surface area contributed by atoms with Crippen molar-refractivity contribution in [2.45, 2.75) is 24.3 Å². The van der Waals surface area contributed by atoms with Crippen LogP contribution in [0.5, 0.6) is 5.75 Å². The first-order valence-electron chi connectivity index (χ1n) is 11.7. The fourth-order valence-electron chi connectivity index (χ4n) is 5.79. The van der Waals surface area contributed by atoms with Crippen molar-refractivity contribution in [3.63, 3.8) is 0 Å². The van der Waals surface area contributed by atoms with Gasteiger partial charge >= 0.3 is 6.03 Å². The number of aromatic nitrogens is 1. The van der Waals surface area contributed by atoms with E-state index < -0.39 is 11.9 Å². The van der Waals surface area contributed by atoms with Crippen LogP contribution in [0, 0.1) is 5.82 Å². The van der Waals surface area contributed by atoms with Gasteiger partial charge in [-0.15, -0.1) is 0 Å². The fraction of sp³-hybridized carbons (Fsp3) is 0.423. The minimum Gasteiger partial charge on any atom is -0.497 e. The molecule has 2 aliphatic heterocycles. The number of amides is 2. The van der Waals surface area contributed by atoms with E-state index >= 15 is 0 Å². The zero-order valence-corrected chi connectivity index (χ0v) is 19.8. The number of carbonyl (C=O) groups excluding carboxylic acids is 1. The highest BCUT2D eigenvalue weighted by atomic mass is 19.1. The highest BCUT2D eigenvalue weighted by Gasteiger charge is 2.49. The normalized spacial score (nSPS) is 19.9. The van der Waals surface area contributed by atoms with Gasteiger partial charge in [-0.3, -0.25) is 0 Å². The predicted molar refractivity (Wildman–Crippen MR) is 130 cm³/mol. The van der Waals surface area contributed by atoms with Gasteiger partial charge in [-0.2, -0.15) is 0 Å². The number of hydrogen-bond acceptors (Lipinski definition) is 4. The lowest BCUT2D eigenvalue weighted by Crippen LogP contribution is -2.56. The van der Waals surface area contributed by atoms with E-state index in [9.17, 15) is 14.3 Å². The van der Waals surface area contributed by atoms with Crippen molar-refractivity contribution in [2.75, 3.05) is 45.7 Å². The second kappa shape index (κ2) is 8.60. The van der Waals surface area contributed by atoms with E-state index in [2.05, 4.69) is 27.9 Å². The molecule has 2 N–H and O–H groups in total. The molecule has 1 fully saturated rings. The Labute approximate surface area is 198 Å². The lowest BCUT2D eigenvalue weighted by atomic mass is 9.68. The summed E-state index contributed by atoms with van der Waals surface area (Å²) >= 11 is 0. The number of aryl methyl sites for hydroxylation is 1. The first-order valence-corrected chi connectivity index (χ1v) is 11.7. The number of rotatable bonds is 3. The van der Waals surface area contributed by atoms with Crippen LogP contribution in [-0.2, 0) is 12.5 Å². The maximum atomic E-state index is 13.7. The van der Waals surface area contributed by atoms with Gasteiger partial charge in [0, 0.05) is 41.8 Å². The molecule has 0 aliphatic carbocycles. The molecule has 0 radical (unpaired) electrons. The van der Waals surface area contributed by atoms with Gasteiger partial charge in [-0.05, 0) is 68.9 Å². The zero-order chi connectivity index (χ0) is 24.0. The van der Waals surface area contributed by atoms with Crippen LogP contribution in [0.4, 0.5) is 14.9 Å². The molecule has 2 amide bonds. The number of hydrogen-bond donors (Lipinski definition) is 2. The van der Waals surface area contributed by atoms with Gasteiger partial charge in [0.05, 0.1) is 25.3 Å².